The summed E-state index contributed by atoms with van der Waals surface area (Å²) in [6.07, 6.45) is 5.76. The summed E-state index contributed by atoms with van der Waals surface area (Å²) >= 11 is 0. The molecule has 26 heavy (non-hydrogen) atoms. The van der Waals surface area contributed by atoms with E-state index in [9.17, 15) is 4.79 Å². The molecule has 3 aromatic rings. The van der Waals surface area contributed by atoms with Gasteiger partial charge in [-0.25, -0.2) is 0 Å². The van der Waals surface area contributed by atoms with Crippen LogP contribution in [0.25, 0.3) is 11.5 Å². The van der Waals surface area contributed by atoms with Crippen LogP contribution in [-0.4, -0.2) is 21.0 Å². The quantitative estimate of drug-likeness (QED) is 0.663. The number of anilines is 1. The lowest BCUT2D eigenvalue weighted by molar-refractivity contribution is -0.116. The molecule has 0 radical (unpaired) electrons. The Morgan fingerprint density at radius 2 is 1.96 bits per heavy atom. The van der Waals surface area contributed by atoms with Gasteiger partial charge in [-0.2, -0.15) is 4.98 Å². The zero-order valence-corrected chi connectivity index (χ0v) is 14.8. The van der Waals surface area contributed by atoms with E-state index in [1.807, 2.05) is 30.3 Å². The number of nitrogens with one attached hydrogen (secondary N) is 1. The van der Waals surface area contributed by atoms with Gasteiger partial charge in [0.15, 0.2) is 0 Å². The number of aromatic nitrogens is 3. The SMILES string of the molecule is CCCCc1ccc(NC(=O)CCc2nc(-c3ccccn3)no2)cc1. The van der Waals surface area contributed by atoms with Crippen molar-refractivity contribution in [1.29, 1.82) is 0 Å². The minimum absolute atomic E-state index is 0.0797. The van der Waals surface area contributed by atoms with Crippen LogP contribution in [0, 0.1) is 0 Å². The standard InChI is InChI=1S/C20H22N4O2/c1-2-3-6-15-8-10-16(11-9-15)22-18(25)12-13-19-23-20(24-26-19)17-7-4-5-14-21-17/h4-5,7-11,14H,2-3,6,12-13H2,1H3,(H,22,25). The second-order valence-corrected chi connectivity index (χ2v) is 6.08. The van der Waals surface area contributed by atoms with E-state index in [0.29, 0.717) is 23.8 Å². The molecule has 2 aromatic heterocycles. The van der Waals surface area contributed by atoms with E-state index in [2.05, 4.69) is 39.5 Å². The summed E-state index contributed by atoms with van der Waals surface area (Å²) in [5.41, 5.74) is 2.74. The van der Waals surface area contributed by atoms with Crippen LogP contribution in [-0.2, 0) is 17.6 Å². The first-order chi connectivity index (χ1) is 12.7. The van der Waals surface area contributed by atoms with Crippen molar-refractivity contribution in [2.75, 3.05) is 5.32 Å². The first-order valence-electron chi connectivity index (χ1n) is 8.87. The number of unbranched alkanes of at least 4 members (excludes halogenated alkanes) is 1. The molecule has 0 unspecified atom stereocenters. The van der Waals surface area contributed by atoms with E-state index < -0.39 is 0 Å². The molecule has 0 saturated heterocycles. The predicted molar refractivity (Wildman–Crippen MR) is 99.5 cm³/mol. The monoisotopic (exact) mass is 350 g/mol. The van der Waals surface area contributed by atoms with Crippen LogP contribution >= 0.6 is 0 Å². The summed E-state index contributed by atoms with van der Waals surface area (Å²) < 4.78 is 5.19. The molecule has 6 heteroatoms. The molecular weight excluding hydrogens is 328 g/mol. The highest BCUT2D eigenvalue weighted by Gasteiger charge is 2.11. The van der Waals surface area contributed by atoms with Crippen LogP contribution in [0.4, 0.5) is 5.69 Å². The lowest BCUT2D eigenvalue weighted by Crippen LogP contribution is -2.12. The first-order valence-corrected chi connectivity index (χ1v) is 8.87. The summed E-state index contributed by atoms with van der Waals surface area (Å²) in [6, 6.07) is 13.5. The van der Waals surface area contributed by atoms with Crippen molar-refractivity contribution in [2.45, 2.75) is 39.0 Å². The Balaban J connectivity index is 1.49. The van der Waals surface area contributed by atoms with E-state index >= 15 is 0 Å². The van der Waals surface area contributed by atoms with Crippen molar-refractivity contribution >= 4 is 11.6 Å². The number of carbonyl (C=O) groups excluding carboxylic acids is 1. The minimum Gasteiger partial charge on any atom is -0.339 e. The maximum atomic E-state index is 12.1. The molecule has 0 spiro atoms. The van der Waals surface area contributed by atoms with E-state index in [0.717, 1.165) is 12.1 Å². The molecule has 1 N–H and O–H groups in total. The molecule has 0 saturated carbocycles. The molecule has 6 nitrogen and oxygen atoms in total. The molecule has 1 aromatic carbocycles. The molecule has 0 atom stereocenters. The number of hydrogen-bond donors (Lipinski definition) is 1. The third-order valence-corrected chi connectivity index (χ3v) is 3.98. The Morgan fingerprint density at radius 3 is 2.69 bits per heavy atom. The molecular formula is C20H22N4O2. The number of carbonyl (C=O) groups is 1. The average molecular weight is 350 g/mol. The summed E-state index contributed by atoms with van der Waals surface area (Å²) in [4.78, 5) is 20.6. The number of aryl methyl sites for hydroxylation is 2. The Hall–Kier alpha value is -3.02. The van der Waals surface area contributed by atoms with Crippen LogP contribution in [0.3, 0.4) is 0 Å². The lowest BCUT2D eigenvalue weighted by Gasteiger charge is -2.05. The minimum atomic E-state index is -0.0797. The second-order valence-electron chi connectivity index (χ2n) is 6.08. The smallest absolute Gasteiger partial charge is 0.227 e. The zero-order chi connectivity index (χ0) is 18.2. The molecule has 2 heterocycles. The Labute approximate surface area is 152 Å². The van der Waals surface area contributed by atoms with Crippen LogP contribution in [0.5, 0.6) is 0 Å². The topological polar surface area (TPSA) is 80.9 Å². The molecule has 0 aliphatic heterocycles. The molecule has 3 rings (SSSR count). The number of rotatable bonds is 8. The lowest BCUT2D eigenvalue weighted by atomic mass is 10.1. The van der Waals surface area contributed by atoms with Crippen molar-refractivity contribution in [3.05, 3.63) is 60.1 Å². The number of amides is 1. The van der Waals surface area contributed by atoms with Crippen molar-refractivity contribution in [2.24, 2.45) is 0 Å². The molecule has 134 valence electrons. The third-order valence-electron chi connectivity index (χ3n) is 3.98. The average Bonchev–Trinajstić information content (AvgIpc) is 3.16. The van der Waals surface area contributed by atoms with Crippen molar-refractivity contribution in [1.82, 2.24) is 15.1 Å². The van der Waals surface area contributed by atoms with Gasteiger partial charge in [-0.3, -0.25) is 9.78 Å². The van der Waals surface area contributed by atoms with Crippen LogP contribution in [0.1, 0.15) is 37.6 Å². The highest BCUT2D eigenvalue weighted by atomic mass is 16.5. The van der Waals surface area contributed by atoms with Crippen LogP contribution < -0.4 is 5.32 Å². The van der Waals surface area contributed by atoms with E-state index in [-0.39, 0.29) is 12.3 Å². The Bertz CT molecular complexity index is 829. The highest BCUT2D eigenvalue weighted by Crippen LogP contribution is 2.14. The Kier molecular flexibility index (Phi) is 6.09. The highest BCUT2D eigenvalue weighted by molar-refractivity contribution is 5.90. The molecule has 0 aliphatic carbocycles. The van der Waals surface area contributed by atoms with Gasteiger partial charge in [-0.1, -0.05) is 36.7 Å². The number of hydrogen-bond acceptors (Lipinski definition) is 5. The summed E-state index contributed by atoms with van der Waals surface area (Å²) in [5, 5.41) is 6.80. The second kappa shape index (κ2) is 8.89. The van der Waals surface area contributed by atoms with Gasteiger partial charge in [0.25, 0.3) is 0 Å². The summed E-state index contributed by atoms with van der Waals surface area (Å²) in [7, 11) is 0. The molecule has 1 amide bonds. The fraction of sp³-hybridized carbons (Fsp3) is 0.300. The van der Waals surface area contributed by atoms with Crippen LogP contribution in [0.15, 0.2) is 53.2 Å². The number of benzene rings is 1. The van der Waals surface area contributed by atoms with E-state index in [4.69, 9.17) is 4.52 Å². The van der Waals surface area contributed by atoms with Gasteiger partial charge >= 0.3 is 0 Å². The predicted octanol–water partition coefficient (Wildman–Crippen LogP) is 4.05. The van der Waals surface area contributed by atoms with Crippen molar-refractivity contribution < 1.29 is 9.32 Å². The number of pyridine rings is 1. The molecule has 0 aliphatic rings. The van der Waals surface area contributed by atoms with E-state index in [1.54, 1.807) is 6.20 Å². The van der Waals surface area contributed by atoms with Gasteiger partial charge < -0.3 is 9.84 Å². The van der Waals surface area contributed by atoms with Crippen molar-refractivity contribution in [3.63, 3.8) is 0 Å². The fourth-order valence-corrected chi connectivity index (χ4v) is 2.54. The van der Waals surface area contributed by atoms with Gasteiger partial charge in [0.05, 0.1) is 0 Å². The third kappa shape index (κ3) is 4.99. The summed E-state index contributed by atoms with van der Waals surface area (Å²) in [5.74, 6) is 0.781. The maximum Gasteiger partial charge on any atom is 0.227 e. The first kappa shape index (κ1) is 17.8. The largest absolute Gasteiger partial charge is 0.339 e. The Morgan fingerprint density at radius 1 is 1.12 bits per heavy atom. The maximum absolute atomic E-state index is 12.1. The molecule has 0 bridgehead atoms. The van der Waals surface area contributed by atoms with E-state index in [1.165, 1.54) is 18.4 Å². The van der Waals surface area contributed by atoms with Gasteiger partial charge in [-0.15, -0.1) is 0 Å². The van der Waals surface area contributed by atoms with Gasteiger partial charge in [-0.05, 0) is 42.7 Å². The fourth-order valence-electron chi connectivity index (χ4n) is 2.54. The number of nitrogens with zero attached hydrogens (tertiary/aromatic N) is 3. The van der Waals surface area contributed by atoms with Gasteiger partial charge in [0.2, 0.25) is 17.6 Å². The summed E-state index contributed by atoms with van der Waals surface area (Å²) in [6.45, 7) is 2.18. The zero-order valence-electron chi connectivity index (χ0n) is 14.8. The van der Waals surface area contributed by atoms with Crippen molar-refractivity contribution in [3.8, 4) is 11.5 Å². The van der Waals surface area contributed by atoms with Gasteiger partial charge in [0, 0.05) is 24.7 Å². The normalized spacial score (nSPS) is 10.7. The molecule has 0 fully saturated rings. The van der Waals surface area contributed by atoms with Gasteiger partial charge in [0.1, 0.15) is 5.69 Å². The van der Waals surface area contributed by atoms with Crippen LogP contribution in [0.2, 0.25) is 0 Å².